The summed E-state index contributed by atoms with van der Waals surface area (Å²) in [5, 5.41) is 12.1. The fourth-order valence-corrected chi connectivity index (χ4v) is 4.32. The van der Waals surface area contributed by atoms with E-state index in [4.69, 9.17) is 9.73 Å². The van der Waals surface area contributed by atoms with Crippen LogP contribution in [0, 0.1) is 12.3 Å². The first-order chi connectivity index (χ1) is 14.1. The third-order valence-corrected chi connectivity index (χ3v) is 6.49. The van der Waals surface area contributed by atoms with Gasteiger partial charge in [0.2, 0.25) is 0 Å². The second-order valence-corrected chi connectivity index (χ2v) is 8.42. The van der Waals surface area contributed by atoms with E-state index in [0.717, 1.165) is 56.8 Å². The van der Waals surface area contributed by atoms with Crippen molar-refractivity contribution >= 4 is 29.9 Å². The van der Waals surface area contributed by atoms with Crippen LogP contribution in [0.2, 0.25) is 0 Å². The molecule has 4 rings (SSSR count). The number of guanidine groups is 1. The van der Waals surface area contributed by atoms with Crippen LogP contribution in [-0.2, 0) is 18.3 Å². The van der Waals surface area contributed by atoms with Gasteiger partial charge in [0.1, 0.15) is 12.4 Å². The zero-order valence-corrected chi connectivity index (χ0v) is 20.5. The van der Waals surface area contributed by atoms with Crippen LogP contribution in [0.1, 0.15) is 49.4 Å². The predicted octanol–water partition coefficient (Wildman–Crippen LogP) is 3.45. The first-order valence-electron chi connectivity index (χ1n) is 10.6. The zero-order chi connectivity index (χ0) is 20.3. The van der Waals surface area contributed by atoms with Crippen molar-refractivity contribution in [3.8, 4) is 0 Å². The van der Waals surface area contributed by atoms with Crippen molar-refractivity contribution in [3.63, 3.8) is 0 Å². The average Bonchev–Trinajstić information content (AvgIpc) is 3.30. The van der Waals surface area contributed by atoms with E-state index >= 15 is 0 Å². The SMILES string of the molecule is Cc1nnc(CN=C(NC(C)c2ccccc2)N2CCC3(CCOCC3)C2)n1C.I. The molecule has 1 N–H and O–H groups in total. The highest BCUT2D eigenvalue weighted by Gasteiger charge is 2.40. The summed E-state index contributed by atoms with van der Waals surface area (Å²) in [4.78, 5) is 7.40. The number of benzene rings is 1. The highest BCUT2D eigenvalue weighted by Crippen LogP contribution is 2.39. The summed E-state index contributed by atoms with van der Waals surface area (Å²) in [6, 6.07) is 10.7. The third-order valence-electron chi connectivity index (χ3n) is 6.49. The van der Waals surface area contributed by atoms with Gasteiger partial charge >= 0.3 is 0 Å². The van der Waals surface area contributed by atoms with Gasteiger partial charge in [-0.05, 0) is 44.1 Å². The molecule has 2 aliphatic rings. The lowest BCUT2D eigenvalue weighted by molar-refractivity contribution is 0.0217. The van der Waals surface area contributed by atoms with Crippen LogP contribution in [-0.4, -0.2) is 51.9 Å². The lowest BCUT2D eigenvalue weighted by Crippen LogP contribution is -2.43. The molecule has 2 saturated heterocycles. The van der Waals surface area contributed by atoms with Gasteiger partial charge in [0.05, 0.1) is 6.04 Å². The Kier molecular flexibility index (Phi) is 7.73. The average molecular weight is 524 g/mol. The minimum Gasteiger partial charge on any atom is -0.381 e. The van der Waals surface area contributed by atoms with Gasteiger partial charge in [0.25, 0.3) is 0 Å². The number of aromatic nitrogens is 3. The van der Waals surface area contributed by atoms with Crippen molar-refractivity contribution in [2.24, 2.45) is 17.5 Å². The first kappa shape index (κ1) is 23.0. The number of aryl methyl sites for hydroxylation is 1. The minimum absolute atomic E-state index is 0. The molecular weight excluding hydrogens is 491 g/mol. The van der Waals surface area contributed by atoms with Gasteiger partial charge in [0, 0.05) is 33.4 Å². The Labute approximate surface area is 196 Å². The molecule has 0 bridgehead atoms. The van der Waals surface area contributed by atoms with Crippen molar-refractivity contribution in [1.82, 2.24) is 25.0 Å². The van der Waals surface area contributed by atoms with E-state index in [1.54, 1.807) is 0 Å². The second kappa shape index (κ2) is 10.1. The number of nitrogens with one attached hydrogen (secondary N) is 1. The number of halogens is 1. The van der Waals surface area contributed by atoms with Crippen LogP contribution < -0.4 is 5.32 Å². The monoisotopic (exact) mass is 524 g/mol. The summed E-state index contributed by atoms with van der Waals surface area (Å²) in [6.45, 7) is 8.52. The van der Waals surface area contributed by atoms with E-state index in [1.165, 1.54) is 12.0 Å². The molecule has 2 aliphatic heterocycles. The maximum atomic E-state index is 5.61. The summed E-state index contributed by atoms with van der Waals surface area (Å²) in [7, 11) is 1.99. The van der Waals surface area contributed by atoms with Gasteiger partial charge in [-0.2, -0.15) is 0 Å². The van der Waals surface area contributed by atoms with Crippen LogP contribution in [0.3, 0.4) is 0 Å². The van der Waals surface area contributed by atoms with E-state index in [0.29, 0.717) is 12.0 Å². The second-order valence-electron chi connectivity index (χ2n) is 8.42. The molecule has 30 heavy (non-hydrogen) atoms. The standard InChI is InChI=1S/C22H32N6O.HI/c1-17(19-7-5-4-6-8-19)24-21(23-15-20-26-25-18(2)27(20)3)28-12-9-22(16-28)10-13-29-14-11-22;/h4-8,17H,9-16H2,1-3H3,(H,23,24);1H. The largest absolute Gasteiger partial charge is 0.381 e. The highest BCUT2D eigenvalue weighted by molar-refractivity contribution is 14.0. The molecule has 0 radical (unpaired) electrons. The Balaban J connectivity index is 0.00000256. The molecule has 1 aromatic heterocycles. The smallest absolute Gasteiger partial charge is 0.194 e. The first-order valence-corrected chi connectivity index (χ1v) is 10.6. The molecular formula is C22H33IN6O. The van der Waals surface area contributed by atoms with E-state index < -0.39 is 0 Å². The molecule has 1 unspecified atom stereocenters. The normalized spacial score (nSPS) is 19.6. The van der Waals surface area contributed by atoms with Gasteiger partial charge < -0.3 is 19.5 Å². The molecule has 164 valence electrons. The number of likely N-dealkylation sites (tertiary alicyclic amines) is 1. The van der Waals surface area contributed by atoms with Crippen molar-refractivity contribution in [2.45, 2.75) is 45.7 Å². The summed E-state index contributed by atoms with van der Waals surface area (Å²) in [5.74, 6) is 2.75. The molecule has 1 spiro atoms. The van der Waals surface area contributed by atoms with Crippen LogP contribution in [0.15, 0.2) is 35.3 Å². The molecule has 0 amide bonds. The van der Waals surface area contributed by atoms with Crippen LogP contribution in [0.25, 0.3) is 0 Å². The molecule has 0 saturated carbocycles. The van der Waals surface area contributed by atoms with Crippen LogP contribution in [0.4, 0.5) is 0 Å². The van der Waals surface area contributed by atoms with E-state index in [-0.39, 0.29) is 30.0 Å². The minimum atomic E-state index is 0. The number of ether oxygens (including phenoxy) is 1. The maximum absolute atomic E-state index is 5.61. The summed E-state index contributed by atoms with van der Waals surface area (Å²) in [5.41, 5.74) is 1.63. The fraction of sp³-hybridized carbons (Fsp3) is 0.591. The summed E-state index contributed by atoms with van der Waals surface area (Å²) in [6.07, 6.45) is 3.50. The number of aliphatic imine (C=N–C) groups is 1. The molecule has 1 aromatic carbocycles. The fourth-order valence-electron chi connectivity index (χ4n) is 4.32. The Morgan fingerprint density at radius 2 is 1.93 bits per heavy atom. The van der Waals surface area contributed by atoms with Crippen LogP contribution >= 0.6 is 24.0 Å². The van der Waals surface area contributed by atoms with Gasteiger partial charge in [-0.3, -0.25) is 0 Å². The number of nitrogens with zero attached hydrogens (tertiary/aromatic N) is 5. The summed E-state index contributed by atoms with van der Waals surface area (Å²) < 4.78 is 7.62. The van der Waals surface area contributed by atoms with Crippen molar-refractivity contribution in [2.75, 3.05) is 26.3 Å². The summed E-state index contributed by atoms with van der Waals surface area (Å²) >= 11 is 0. The lowest BCUT2D eigenvalue weighted by Gasteiger charge is -2.34. The molecule has 3 heterocycles. The van der Waals surface area contributed by atoms with E-state index in [2.05, 4.69) is 57.7 Å². The predicted molar refractivity (Wildman–Crippen MR) is 129 cm³/mol. The van der Waals surface area contributed by atoms with E-state index in [9.17, 15) is 0 Å². The lowest BCUT2D eigenvalue weighted by atomic mass is 9.80. The Bertz CT molecular complexity index is 847. The molecule has 2 fully saturated rings. The number of rotatable bonds is 4. The Morgan fingerprint density at radius 3 is 2.60 bits per heavy atom. The van der Waals surface area contributed by atoms with Crippen molar-refractivity contribution in [3.05, 3.63) is 47.5 Å². The van der Waals surface area contributed by atoms with Gasteiger partial charge in [-0.25, -0.2) is 4.99 Å². The number of hydrogen-bond donors (Lipinski definition) is 1. The quantitative estimate of drug-likeness (QED) is 0.377. The molecule has 0 aliphatic carbocycles. The Morgan fingerprint density at radius 1 is 1.20 bits per heavy atom. The Hall–Kier alpha value is -1.68. The van der Waals surface area contributed by atoms with Gasteiger partial charge in [0.15, 0.2) is 11.8 Å². The van der Waals surface area contributed by atoms with Crippen molar-refractivity contribution in [1.29, 1.82) is 0 Å². The van der Waals surface area contributed by atoms with E-state index in [1.807, 2.05) is 18.5 Å². The third kappa shape index (κ3) is 5.14. The number of hydrogen-bond acceptors (Lipinski definition) is 4. The van der Waals surface area contributed by atoms with Crippen LogP contribution in [0.5, 0.6) is 0 Å². The topological polar surface area (TPSA) is 67.6 Å². The molecule has 7 nitrogen and oxygen atoms in total. The van der Waals surface area contributed by atoms with Gasteiger partial charge in [-0.15, -0.1) is 34.2 Å². The molecule has 8 heteroatoms. The van der Waals surface area contributed by atoms with Crippen molar-refractivity contribution < 1.29 is 4.74 Å². The molecule has 1 atom stereocenters. The van der Waals surface area contributed by atoms with Gasteiger partial charge in [-0.1, -0.05) is 30.3 Å². The highest BCUT2D eigenvalue weighted by atomic mass is 127. The maximum Gasteiger partial charge on any atom is 0.194 e. The zero-order valence-electron chi connectivity index (χ0n) is 18.2. The molecule has 2 aromatic rings.